The summed E-state index contributed by atoms with van der Waals surface area (Å²) in [6.07, 6.45) is 3.57. The largest absolute Gasteiger partial charge is 0.300 e. The third-order valence-electron chi connectivity index (χ3n) is 1.08. The minimum atomic E-state index is 0.0762. The predicted molar refractivity (Wildman–Crippen MR) is 44.1 cm³/mol. The molecule has 3 nitrogen and oxygen atoms in total. The zero-order valence-corrected chi connectivity index (χ0v) is 7.63. The second-order valence-electron chi connectivity index (χ2n) is 2.20. The summed E-state index contributed by atoms with van der Waals surface area (Å²) in [7, 11) is 0. The van der Waals surface area contributed by atoms with Gasteiger partial charge < -0.3 is 0 Å². The lowest BCUT2D eigenvalue weighted by atomic mass is 10.3. The molecular formula is C7H7BrN2O. The SMILES string of the molecule is CC(=O)Cc1ncc(Br)cn1. The van der Waals surface area contributed by atoms with Crippen molar-refractivity contribution in [1.29, 1.82) is 0 Å². The molecule has 0 atom stereocenters. The molecule has 0 unspecified atom stereocenters. The number of aromatic nitrogens is 2. The van der Waals surface area contributed by atoms with Crippen LogP contribution in [0, 0.1) is 0 Å². The number of hydrogen-bond donors (Lipinski definition) is 0. The normalized spacial score (nSPS) is 9.64. The molecule has 1 heterocycles. The van der Waals surface area contributed by atoms with Crippen molar-refractivity contribution in [2.24, 2.45) is 0 Å². The maximum Gasteiger partial charge on any atom is 0.137 e. The van der Waals surface area contributed by atoms with Crippen LogP contribution in [0.4, 0.5) is 0 Å². The third kappa shape index (κ3) is 2.76. The van der Waals surface area contributed by atoms with Crippen LogP contribution >= 0.6 is 15.9 Å². The first-order valence-electron chi connectivity index (χ1n) is 3.14. The van der Waals surface area contributed by atoms with Gasteiger partial charge in [-0.2, -0.15) is 0 Å². The van der Waals surface area contributed by atoms with E-state index in [9.17, 15) is 4.79 Å². The second-order valence-corrected chi connectivity index (χ2v) is 3.11. The topological polar surface area (TPSA) is 42.9 Å². The van der Waals surface area contributed by atoms with Crippen LogP contribution in [0.5, 0.6) is 0 Å². The lowest BCUT2D eigenvalue weighted by Crippen LogP contribution is -2.01. The molecule has 1 aromatic heterocycles. The van der Waals surface area contributed by atoms with E-state index >= 15 is 0 Å². The minimum Gasteiger partial charge on any atom is -0.300 e. The number of ketones is 1. The van der Waals surface area contributed by atoms with Gasteiger partial charge in [-0.15, -0.1) is 0 Å². The highest BCUT2D eigenvalue weighted by molar-refractivity contribution is 9.10. The van der Waals surface area contributed by atoms with Gasteiger partial charge in [0.2, 0.25) is 0 Å². The van der Waals surface area contributed by atoms with E-state index in [0.29, 0.717) is 12.2 Å². The summed E-state index contributed by atoms with van der Waals surface area (Å²) in [5.41, 5.74) is 0. The van der Waals surface area contributed by atoms with Gasteiger partial charge in [0.05, 0.1) is 10.9 Å². The molecule has 1 aromatic rings. The molecule has 0 aromatic carbocycles. The quantitative estimate of drug-likeness (QED) is 0.748. The van der Waals surface area contributed by atoms with Crippen LogP contribution in [0.15, 0.2) is 16.9 Å². The first-order chi connectivity index (χ1) is 5.18. The Morgan fingerprint density at radius 2 is 2.09 bits per heavy atom. The van der Waals surface area contributed by atoms with Crippen molar-refractivity contribution in [3.8, 4) is 0 Å². The molecule has 0 radical (unpaired) electrons. The molecule has 58 valence electrons. The number of Topliss-reactive ketones (excluding diaryl/α,β-unsaturated/α-hetero) is 1. The maximum atomic E-state index is 10.6. The fraction of sp³-hybridized carbons (Fsp3) is 0.286. The van der Waals surface area contributed by atoms with Crippen molar-refractivity contribution in [2.75, 3.05) is 0 Å². The number of hydrogen-bond acceptors (Lipinski definition) is 3. The summed E-state index contributed by atoms with van der Waals surface area (Å²) < 4.78 is 0.824. The summed E-state index contributed by atoms with van der Waals surface area (Å²) in [6, 6.07) is 0. The summed E-state index contributed by atoms with van der Waals surface area (Å²) in [4.78, 5) is 18.5. The van der Waals surface area contributed by atoms with Crippen LogP contribution in [-0.4, -0.2) is 15.8 Å². The van der Waals surface area contributed by atoms with Crippen molar-refractivity contribution in [3.05, 3.63) is 22.7 Å². The van der Waals surface area contributed by atoms with Gasteiger partial charge in [0.1, 0.15) is 11.6 Å². The molecule has 1 rings (SSSR count). The minimum absolute atomic E-state index is 0.0762. The molecule has 0 aliphatic rings. The van der Waals surface area contributed by atoms with Crippen molar-refractivity contribution in [2.45, 2.75) is 13.3 Å². The Labute approximate surface area is 73.0 Å². The Kier molecular flexibility index (Phi) is 2.70. The number of nitrogens with zero attached hydrogens (tertiary/aromatic N) is 2. The Hall–Kier alpha value is -0.770. The van der Waals surface area contributed by atoms with Gasteiger partial charge in [-0.05, 0) is 22.9 Å². The molecule has 11 heavy (non-hydrogen) atoms. The Balaban J connectivity index is 2.74. The second kappa shape index (κ2) is 3.57. The van der Waals surface area contributed by atoms with Crippen LogP contribution in [0.1, 0.15) is 12.7 Å². The van der Waals surface area contributed by atoms with Crippen LogP contribution in [0.3, 0.4) is 0 Å². The average Bonchev–Trinajstić information content (AvgIpc) is 1.93. The Morgan fingerprint density at radius 3 is 2.55 bits per heavy atom. The summed E-state index contributed by atoms with van der Waals surface area (Å²) in [6.45, 7) is 1.52. The van der Waals surface area contributed by atoms with E-state index in [-0.39, 0.29) is 5.78 Å². The van der Waals surface area contributed by atoms with Gasteiger partial charge in [0.25, 0.3) is 0 Å². The molecule has 0 bridgehead atoms. The predicted octanol–water partition coefficient (Wildman–Crippen LogP) is 1.37. The fourth-order valence-corrected chi connectivity index (χ4v) is 0.858. The summed E-state index contributed by atoms with van der Waals surface area (Å²) in [5.74, 6) is 0.646. The molecule has 0 saturated carbocycles. The van der Waals surface area contributed by atoms with Crippen LogP contribution in [0.2, 0.25) is 0 Å². The molecular weight excluding hydrogens is 208 g/mol. The molecule has 0 spiro atoms. The van der Waals surface area contributed by atoms with Gasteiger partial charge >= 0.3 is 0 Å². The molecule has 0 amide bonds. The zero-order valence-electron chi connectivity index (χ0n) is 6.04. The van der Waals surface area contributed by atoms with E-state index in [1.807, 2.05) is 0 Å². The van der Waals surface area contributed by atoms with Crippen LogP contribution < -0.4 is 0 Å². The number of halogens is 1. The van der Waals surface area contributed by atoms with Crippen molar-refractivity contribution in [1.82, 2.24) is 9.97 Å². The molecule has 0 aliphatic heterocycles. The smallest absolute Gasteiger partial charge is 0.137 e. The molecule has 0 aliphatic carbocycles. The lowest BCUT2D eigenvalue weighted by Gasteiger charge is -1.94. The maximum absolute atomic E-state index is 10.6. The lowest BCUT2D eigenvalue weighted by molar-refractivity contribution is -0.116. The van der Waals surface area contributed by atoms with Gasteiger partial charge in [0, 0.05) is 12.4 Å². The number of rotatable bonds is 2. The average molecular weight is 215 g/mol. The highest BCUT2D eigenvalue weighted by atomic mass is 79.9. The Bertz CT molecular complexity index is 258. The molecule has 0 N–H and O–H groups in total. The third-order valence-corrected chi connectivity index (χ3v) is 1.49. The van der Waals surface area contributed by atoms with Crippen molar-refractivity contribution in [3.63, 3.8) is 0 Å². The van der Waals surface area contributed by atoms with Crippen LogP contribution in [-0.2, 0) is 11.2 Å². The highest BCUT2D eigenvalue weighted by Crippen LogP contribution is 2.04. The van der Waals surface area contributed by atoms with E-state index in [4.69, 9.17) is 0 Å². The van der Waals surface area contributed by atoms with Crippen molar-refractivity contribution < 1.29 is 4.79 Å². The van der Waals surface area contributed by atoms with E-state index in [0.717, 1.165) is 4.47 Å². The van der Waals surface area contributed by atoms with Gasteiger partial charge in [0.15, 0.2) is 0 Å². The zero-order chi connectivity index (χ0) is 8.27. The van der Waals surface area contributed by atoms with E-state index in [2.05, 4.69) is 25.9 Å². The molecule has 4 heteroatoms. The fourth-order valence-electron chi connectivity index (χ4n) is 0.653. The summed E-state index contributed by atoms with van der Waals surface area (Å²) in [5, 5.41) is 0. The van der Waals surface area contributed by atoms with Crippen molar-refractivity contribution >= 4 is 21.7 Å². The van der Waals surface area contributed by atoms with Gasteiger partial charge in [-0.1, -0.05) is 0 Å². The van der Waals surface area contributed by atoms with E-state index in [1.54, 1.807) is 12.4 Å². The standard InChI is InChI=1S/C7H7BrN2O/c1-5(11)2-7-9-3-6(8)4-10-7/h3-4H,2H2,1H3. The summed E-state index contributed by atoms with van der Waals surface area (Å²) >= 11 is 3.20. The van der Waals surface area contributed by atoms with Gasteiger partial charge in [-0.3, -0.25) is 4.79 Å². The number of carbonyl (C=O) groups is 1. The van der Waals surface area contributed by atoms with E-state index in [1.165, 1.54) is 6.92 Å². The van der Waals surface area contributed by atoms with Crippen LogP contribution in [0.25, 0.3) is 0 Å². The van der Waals surface area contributed by atoms with E-state index < -0.39 is 0 Å². The monoisotopic (exact) mass is 214 g/mol. The van der Waals surface area contributed by atoms with Gasteiger partial charge in [-0.25, -0.2) is 9.97 Å². The number of carbonyl (C=O) groups excluding carboxylic acids is 1. The first-order valence-corrected chi connectivity index (χ1v) is 3.93. The first kappa shape index (κ1) is 8.33. The Morgan fingerprint density at radius 1 is 1.55 bits per heavy atom. The highest BCUT2D eigenvalue weighted by Gasteiger charge is 1.98. The molecule has 0 saturated heterocycles. The molecule has 0 fully saturated rings.